The van der Waals surface area contributed by atoms with Gasteiger partial charge >= 0.3 is 0 Å². The minimum Gasteiger partial charge on any atom is -0.322 e. The second-order valence-corrected chi connectivity index (χ2v) is 10.7. The van der Waals surface area contributed by atoms with Gasteiger partial charge in [-0.3, -0.25) is 18.9 Å². The van der Waals surface area contributed by atoms with E-state index in [1.807, 2.05) is 36.4 Å². The Kier molecular flexibility index (Phi) is 7.79. The SMILES string of the molecule is CC(=O)c1cccc(N(Cc2ccc(C(=O)Nc3ccc(Cc4ccncc4)cc3)cc2)S(C)(=O)=O)c1. The molecule has 0 aliphatic carbocycles. The number of amides is 1. The summed E-state index contributed by atoms with van der Waals surface area (Å²) in [5.41, 5.74) is 4.96. The minimum atomic E-state index is -3.61. The summed E-state index contributed by atoms with van der Waals surface area (Å²) in [4.78, 5) is 28.5. The van der Waals surface area contributed by atoms with E-state index in [0.29, 0.717) is 28.1 Å². The van der Waals surface area contributed by atoms with E-state index in [2.05, 4.69) is 10.3 Å². The lowest BCUT2D eigenvalue weighted by Gasteiger charge is -2.23. The monoisotopic (exact) mass is 513 g/mol. The lowest BCUT2D eigenvalue weighted by atomic mass is 10.1. The van der Waals surface area contributed by atoms with Gasteiger partial charge in [0.2, 0.25) is 10.0 Å². The first-order valence-corrected chi connectivity index (χ1v) is 13.5. The van der Waals surface area contributed by atoms with E-state index in [1.165, 1.54) is 11.2 Å². The summed E-state index contributed by atoms with van der Waals surface area (Å²) in [6.45, 7) is 1.51. The zero-order valence-electron chi connectivity index (χ0n) is 20.6. The molecule has 1 heterocycles. The molecule has 0 saturated heterocycles. The quantitative estimate of drug-likeness (QED) is 0.314. The number of pyridine rings is 1. The van der Waals surface area contributed by atoms with E-state index in [0.717, 1.165) is 23.8 Å². The van der Waals surface area contributed by atoms with Gasteiger partial charge in [0, 0.05) is 29.2 Å². The van der Waals surface area contributed by atoms with Gasteiger partial charge in [-0.15, -0.1) is 0 Å². The number of hydrogen-bond donors (Lipinski definition) is 1. The molecule has 0 spiro atoms. The molecule has 0 fully saturated rings. The first-order chi connectivity index (χ1) is 17.7. The molecule has 0 saturated carbocycles. The van der Waals surface area contributed by atoms with Crippen molar-refractivity contribution in [3.63, 3.8) is 0 Å². The number of benzene rings is 3. The highest BCUT2D eigenvalue weighted by atomic mass is 32.2. The summed E-state index contributed by atoms with van der Waals surface area (Å²) in [6, 6.07) is 24.9. The summed E-state index contributed by atoms with van der Waals surface area (Å²) in [5, 5.41) is 2.89. The van der Waals surface area contributed by atoms with E-state index in [1.54, 1.807) is 60.9 Å². The number of nitrogens with one attached hydrogen (secondary N) is 1. The second-order valence-electron chi connectivity index (χ2n) is 8.76. The van der Waals surface area contributed by atoms with Gasteiger partial charge in [0.15, 0.2) is 5.78 Å². The third kappa shape index (κ3) is 6.89. The van der Waals surface area contributed by atoms with E-state index in [4.69, 9.17) is 0 Å². The number of carbonyl (C=O) groups excluding carboxylic acids is 2. The van der Waals surface area contributed by atoms with Crippen LogP contribution >= 0.6 is 0 Å². The van der Waals surface area contributed by atoms with Crippen LogP contribution in [0.5, 0.6) is 0 Å². The van der Waals surface area contributed by atoms with Crippen LogP contribution in [0.3, 0.4) is 0 Å². The molecule has 3 aromatic carbocycles. The third-order valence-electron chi connectivity index (χ3n) is 5.85. The van der Waals surface area contributed by atoms with Crippen molar-refractivity contribution in [2.24, 2.45) is 0 Å². The van der Waals surface area contributed by atoms with Gasteiger partial charge < -0.3 is 5.32 Å². The highest BCUT2D eigenvalue weighted by Crippen LogP contribution is 2.23. The molecule has 37 heavy (non-hydrogen) atoms. The largest absolute Gasteiger partial charge is 0.322 e. The number of hydrogen-bond acceptors (Lipinski definition) is 5. The van der Waals surface area contributed by atoms with Gasteiger partial charge in [-0.05, 0) is 78.6 Å². The van der Waals surface area contributed by atoms with E-state index in [9.17, 15) is 18.0 Å². The van der Waals surface area contributed by atoms with Crippen molar-refractivity contribution in [3.8, 4) is 0 Å². The smallest absolute Gasteiger partial charge is 0.255 e. The van der Waals surface area contributed by atoms with E-state index >= 15 is 0 Å². The van der Waals surface area contributed by atoms with Gasteiger partial charge in [-0.1, -0.05) is 36.4 Å². The summed E-state index contributed by atoms with van der Waals surface area (Å²) < 4.78 is 26.2. The first kappa shape index (κ1) is 25.8. The van der Waals surface area contributed by atoms with Crippen LogP contribution in [0.2, 0.25) is 0 Å². The van der Waals surface area contributed by atoms with Crippen molar-refractivity contribution in [2.45, 2.75) is 19.9 Å². The van der Waals surface area contributed by atoms with Gasteiger partial charge in [-0.2, -0.15) is 0 Å². The van der Waals surface area contributed by atoms with Crippen molar-refractivity contribution in [3.05, 3.63) is 125 Å². The zero-order valence-corrected chi connectivity index (χ0v) is 21.4. The number of anilines is 2. The summed E-state index contributed by atoms with van der Waals surface area (Å²) in [5.74, 6) is -0.406. The van der Waals surface area contributed by atoms with E-state index in [-0.39, 0.29) is 18.2 Å². The Morgan fingerprint density at radius 2 is 1.43 bits per heavy atom. The fourth-order valence-electron chi connectivity index (χ4n) is 3.85. The topological polar surface area (TPSA) is 96.4 Å². The number of nitrogens with zero attached hydrogens (tertiary/aromatic N) is 2. The highest BCUT2D eigenvalue weighted by molar-refractivity contribution is 7.92. The van der Waals surface area contributed by atoms with Crippen LogP contribution in [0.1, 0.15) is 44.3 Å². The molecule has 8 heteroatoms. The molecule has 0 unspecified atom stereocenters. The Hall–Kier alpha value is -4.30. The average molecular weight is 514 g/mol. The van der Waals surface area contributed by atoms with Gasteiger partial charge in [-0.25, -0.2) is 8.42 Å². The van der Waals surface area contributed by atoms with Crippen molar-refractivity contribution in [1.82, 2.24) is 4.98 Å². The predicted molar refractivity (Wildman–Crippen MR) is 145 cm³/mol. The molecule has 4 rings (SSSR count). The fraction of sp³-hybridized carbons (Fsp3) is 0.138. The maximum Gasteiger partial charge on any atom is 0.255 e. The highest BCUT2D eigenvalue weighted by Gasteiger charge is 2.19. The van der Waals surface area contributed by atoms with Gasteiger partial charge in [0.05, 0.1) is 18.5 Å². The lowest BCUT2D eigenvalue weighted by molar-refractivity contribution is 0.101. The minimum absolute atomic E-state index is 0.0705. The molecule has 1 amide bonds. The lowest BCUT2D eigenvalue weighted by Crippen LogP contribution is -2.29. The van der Waals surface area contributed by atoms with Crippen LogP contribution in [-0.2, 0) is 23.0 Å². The van der Waals surface area contributed by atoms with Crippen molar-refractivity contribution in [1.29, 1.82) is 0 Å². The van der Waals surface area contributed by atoms with Crippen LogP contribution in [0.4, 0.5) is 11.4 Å². The maximum absolute atomic E-state index is 12.7. The molecule has 1 aromatic heterocycles. The van der Waals surface area contributed by atoms with Crippen LogP contribution in [0.25, 0.3) is 0 Å². The standard InChI is InChI=1S/C29H27N3O4S/c1-21(33)26-4-3-5-28(19-26)32(37(2,35)36)20-24-6-10-25(11-7-24)29(34)31-27-12-8-22(9-13-27)18-23-14-16-30-17-15-23/h3-17,19H,18,20H2,1-2H3,(H,31,34). The Bertz CT molecular complexity index is 1500. The van der Waals surface area contributed by atoms with Crippen molar-refractivity contribution in [2.75, 3.05) is 15.9 Å². The van der Waals surface area contributed by atoms with Crippen LogP contribution < -0.4 is 9.62 Å². The Labute approximate surface area is 216 Å². The second kappa shape index (κ2) is 11.2. The summed E-state index contributed by atoms with van der Waals surface area (Å²) in [7, 11) is -3.61. The van der Waals surface area contributed by atoms with Gasteiger partial charge in [0.25, 0.3) is 5.91 Å². The molecular formula is C29H27N3O4S. The third-order valence-corrected chi connectivity index (χ3v) is 6.99. The Morgan fingerprint density at radius 3 is 2.05 bits per heavy atom. The van der Waals surface area contributed by atoms with Crippen LogP contribution in [0, 0.1) is 0 Å². The molecule has 0 atom stereocenters. The maximum atomic E-state index is 12.7. The molecule has 188 valence electrons. The Morgan fingerprint density at radius 1 is 0.811 bits per heavy atom. The number of sulfonamides is 1. The molecule has 0 aliphatic rings. The zero-order chi connectivity index (χ0) is 26.4. The van der Waals surface area contributed by atoms with Crippen molar-refractivity contribution >= 4 is 33.1 Å². The molecule has 0 radical (unpaired) electrons. The normalized spacial score (nSPS) is 11.1. The first-order valence-electron chi connectivity index (χ1n) is 11.7. The van der Waals surface area contributed by atoms with Gasteiger partial charge in [0.1, 0.15) is 0 Å². The number of aromatic nitrogens is 1. The molecule has 7 nitrogen and oxygen atoms in total. The number of Topliss-reactive ketones (excluding diaryl/α,β-unsaturated/α-hetero) is 1. The van der Waals surface area contributed by atoms with Crippen LogP contribution in [-0.4, -0.2) is 31.3 Å². The number of ketones is 1. The summed E-state index contributed by atoms with van der Waals surface area (Å²) >= 11 is 0. The molecule has 4 aromatic rings. The van der Waals surface area contributed by atoms with E-state index < -0.39 is 10.0 Å². The molecule has 0 bridgehead atoms. The average Bonchev–Trinajstić information content (AvgIpc) is 2.89. The fourth-order valence-corrected chi connectivity index (χ4v) is 4.73. The number of rotatable bonds is 9. The van der Waals surface area contributed by atoms with Crippen molar-refractivity contribution < 1.29 is 18.0 Å². The molecular weight excluding hydrogens is 486 g/mol. The Balaban J connectivity index is 1.43. The van der Waals surface area contributed by atoms with Crippen LogP contribution in [0.15, 0.2) is 97.3 Å². The molecule has 1 N–H and O–H groups in total. The number of carbonyl (C=O) groups is 2. The molecule has 0 aliphatic heterocycles. The summed E-state index contributed by atoms with van der Waals surface area (Å²) in [6.07, 6.45) is 5.43. The predicted octanol–water partition coefficient (Wildman–Crippen LogP) is 5.09.